The molecule has 0 radical (unpaired) electrons. The van der Waals surface area contributed by atoms with E-state index in [9.17, 15) is 4.79 Å². The lowest BCUT2D eigenvalue weighted by Crippen LogP contribution is -2.35. The van der Waals surface area contributed by atoms with Gasteiger partial charge >= 0.3 is 0 Å². The van der Waals surface area contributed by atoms with E-state index in [2.05, 4.69) is 77.4 Å². The summed E-state index contributed by atoms with van der Waals surface area (Å²) < 4.78 is 1.90. The molecule has 4 aromatic rings. The third-order valence-electron chi connectivity index (χ3n) is 5.93. The minimum atomic E-state index is -0.247. The predicted molar refractivity (Wildman–Crippen MR) is 131 cm³/mol. The smallest absolute Gasteiger partial charge is 0.252 e. The zero-order valence-electron chi connectivity index (χ0n) is 20.0. The molecule has 0 amide bonds. The van der Waals surface area contributed by atoms with Gasteiger partial charge in [0.2, 0.25) is 0 Å². The molecule has 0 aliphatic heterocycles. The molecule has 1 N–H and O–H groups in total. The third-order valence-corrected chi connectivity index (χ3v) is 5.93. The highest BCUT2D eigenvalue weighted by molar-refractivity contribution is 5.79. The lowest BCUT2D eigenvalue weighted by Gasteiger charge is -2.32. The second kappa shape index (κ2) is 9.27. The van der Waals surface area contributed by atoms with Crippen molar-refractivity contribution in [3.05, 3.63) is 87.5 Å². The molecule has 2 heterocycles. The first kappa shape index (κ1) is 22.9. The van der Waals surface area contributed by atoms with Gasteiger partial charge in [0.05, 0.1) is 11.6 Å². The van der Waals surface area contributed by atoms with Crippen LogP contribution in [0.15, 0.2) is 59.4 Å². The quantitative estimate of drug-likeness (QED) is 0.446. The summed E-state index contributed by atoms with van der Waals surface area (Å²) in [5.41, 5.74) is 3.59. The summed E-state index contributed by atoms with van der Waals surface area (Å²) in [4.78, 5) is 18.4. The fourth-order valence-corrected chi connectivity index (χ4v) is 4.27. The van der Waals surface area contributed by atoms with Gasteiger partial charge < -0.3 is 4.98 Å². The number of rotatable bonds is 7. The predicted octanol–water partition coefficient (Wildman–Crippen LogP) is 4.73. The molecule has 1 atom stereocenters. The van der Waals surface area contributed by atoms with Gasteiger partial charge in [0.25, 0.3) is 5.56 Å². The first-order valence-electron chi connectivity index (χ1n) is 11.5. The second-order valence-corrected chi connectivity index (χ2v) is 9.65. The van der Waals surface area contributed by atoms with Gasteiger partial charge in [0.1, 0.15) is 0 Å². The number of nitrogens with one attached hydrogen (secondary N) is 1. The number of aryl methyl sites for hydroxylation is 1. The first-order valence-corrected chi connectivity index (χ1v) is 11.5. The SMILES string of the molecule is CC[C@H](c1nnnn1C(C)(C)C)N(Cc1ccccc1)Cc1cc2ccc(C)cc2[nH]c1=O. The van der Waals surface area contributed by atoms with Crippen LogP contribution in [0.1, 0.15) is 62.7 Å². The topological polar surface area (TPSA) is 79.7 Å². The molecular formula is C26H32N6O. The zero-order valence-corrected chi connectivity index (χ0v) is 20.0. The van der Waals surface area contributed by atoms with Crippen LogP contribution in [-0.4, -0.2) is 30.1 Å². The van der Waals surface area contributed by atoms with Gasteiger partial charge in [-0.25, -0.2) is 4.68 Å². The van der Waals surface area contributed by atoms with Crippen molar-refractivity contribution in [1.29, 1.82) is 0 Å². The minimum absolute atomic E-state index is 0.0486. The number of aromatic nitrogens is 5. The summed E-state index contributed by atoms with van der Waals surface area (Å²) in [6.07, 6.45) is 0.813. The van der Waals surface area contributed by atoms with Crippen LogP contribution >= 0.6 is 0 Å². The fraction of sp³-hybridized carbons (Fsp3) is 0.385. The van der Waals surface area contributed by atoms with Gasteiger partial charge in [-0.1, -0.05) is 49.4 Å². The normalized spacial score (nSPS) is 13.0. The minimum Gasteiger partial charge on any atom is -0.322 e. The highest BCUT2D eigenvalue weighted by Crippen LogP contribution is 2.29. The van der Waals surface area contributed by atoms with Crippen LogP contribution in [0.4, 0.5) is 0 Å². The average molecular weight is 445 g/mol. The first-order chi connectivity index (χ1) is 15.8. The lowest BCUT2D eigenvalue weighted by molar-refractivity contribution is 0.153. The number of nitrogens with zero attached hydrogens (tertiary/aromatic N) is 5. The molecule has 7 heteroatoms. The van der Waals surface area contributed by atoms with Gasteiger partial charge in [0, 0.05) is 24.2 Å². The molecule has 4 rings (SSSR count). The maximum Gasteiger partial charge on any atom is 0.252 e. The van der Waals surface area contributed by atoms with Crippen LogP contribution in [0.25, 0.3) is 10.9 Å². The molecule has 0 saturated heterocycles. The molecule has 33 heavy (non-hydrogen) atoms. The van der Waals surface area contributed by atoms with Gasteiger partial charge in [-0.05, 0) is 73.2 Å². The summed E-state index contributed by atoms with van der Waals surface area (Å²) in [6, 6.07) is 18.4. The Labute approximate surface area is 194 Å². The van der Waals surface area contributed by atoms with Crippen molar-refractivity contribution >= 4 is 10.9 Å². The molecule has 0 spiro atoms. The highest BCUT2D eigenvalue weighted by atomic mass is 16.1. The molecular weight excluding hydrogens is 412 g/mol. The van der Waals surface area contributed by atoms with E-state index in [0.717, 1.165) is 34.3 Å². The Bertz CT molecular complexity index is 1290. The molecule has 0 aliphatic rings. The van der Waals surface area contributed by atoms with E-state index in [-0.39, 0.29) is 17.1 Å². The zero-order chi connectivity index (χ0) is 23.6. The fourth-order valence-electron chi connectivity index (χ4n) is 4.27. The van der Waals surface area contributed by atoms with Crippen molar-refractivity contribution in [3.63, 3.8) is 0 Å². The molecule has 0 bridgehead atoms. The van der Waals surface area contributed by atoms with Crippen LogP contribution in [0.2, 0.25) is 0 Å². The van der Waals surface area contributed by atoms with Gasteiger partial charge in [-0.2, -0.15) is 0 Å². The number of hydrogen-bond acceptors (Lipinski definition) is 5. The number of pyridine rings is 1. The van der Waals surface area contributed by atoms with E-state index >= 15 is 0 Å². The van der Waals surface area contributed by atoms with E-state index in [1.165, 1.54) is 5.56 Å². The van der Waals surface area contributed by atoms with Crippen molar-refractivity contribution in [3.8, 4) is 0 Å². The van der Waals surface area contributed by atoms with Crippen LogP contribution in [-0.2, 0) is 18.6 Å². The standard InChI is InChI=1S/C26H32N6O/c1-6-23(24-28-29-30-32(24)26(3,4)5)31(16-19-10-8-7-9-11-19)17-21-15-20-13-12-18(2)14-22(20)27-25(21)33/h7-15,23H,6,16-17H2,1-5H3,(H,27,33)/t23-/m1/s1. The van der Waals surface area contributed by atoms with Crippen LogP contribution in [0.3, 0.4) is 0 Å². The Balaban J connectivity index is 1.76. The van der Waals surface area contributed by atoms with Crippen molar-refractivity contribution in [2.75, 3.05) is 0 Å². The van der Waals surface area contributed by atoms with Crippen molar-refractivity contribution in [2.45, 2.75) is 65.7 Å². The van der Waals surface area contributed by atoms with E-state index in [0.29, 0.717) is 13.1 Å². The number of benzene rings is 2. The molecule has 7 nitrogen and oxygen atoms in total. The second-order valence-electron chi connectivity index (χ2n) is 9.65. The lowest BCUT2D eigenvalue weighted by atomic mass is 10.0. The number of hydrogen-bond donors (Lipinski definition) is 1. The summed E-state index contributed by atoms with van der Waals surface area (Å²) >= 11 is 0. The van der Waals surface area contributed by atoms with Gasteiger partial charge in [-0.3, -0.25) is 9.69 Å². The van der Waals surface area contributed by atoms with Crippen LogP contribution < -0.4 is 5.56 Å². The largest absolute Gasteiger partial charge is 0.322 e. The van der Waals surface area contributed by atoms with Crippen molar-refractivity contribution < 1.29 is 0 Å². The van der Waals surface area contributed by atoms with E-state index in [4.69, 9.17) is 0 Å². The number of fused-ring (bicyclic) bond motifs is 1. The number of H-pyrrole nitrogens is 1. The monoisotopic (exact) mass is 444 g/mol. The van der Waals surface area contributed by atoms with Crippen molar-refractivity contribution in [2.24, 2.45) is 0 Å². The number of tetrazole rings is 1. The van der Waals surface area contributed by atoms with E-state index < -0.39 is 0 Å². The maximum atomic E-state index is 13.0. The summed E-state index contributed by atoms with van der Waals surface area (Å²) in [6.45, 7) is 11.6. The highest BCUT2D eigenvalue weighted by Gasteiger charge is 2.29. The Hall–Kier alpha value is -3.32. The molecule has 0 unspecified atom stereocenters. The summed E-state index contributed by atoms with van der Waals surface area (Å²) in [7, 11) is 0. The number of aromatic amines is 1. The summed E-state index contributed by atoms with van der Waals surface area (Å²) in [5.74, 6) is 0.814. The molecule has 172 valence electrons. The van der Waals surface area contributed by atoms with Crippen LogP contribution in [0.5, 0.6) is 0 Å². The molecule has 0 aliphatic carbocycles. The Morgan fingerprint density at radius 1 is 1.06 bits per heavy atom. The van der Waals surface area contributed by atoms with E-state index in [1.807, 2.05) is 41.9 Å². The molecule has 0 saturated carbocycles. The molecule has 0 fully saturated rings. The Morgan fingerprint density at radius 2 is 1.82 bits per heavy atom. The van der Waals surface area contributed by atoms with E-state index in [1.54, 1.807) is 0 Å². The average Bonchev–Trinajstić information content (AvgIpc) is 3.26. The molecule has 2 aromatic heterocycles. The van der Waals surface area contributed by atoms with Crippen LogP contribution in [0, 0.1) is 6.92 Å². The third kappa shape index (κ3) is 5.03. The maximum absolute atomic E-state index is 13.0. The van der Waals surface area contributed by atoms with Gasteiger partial charge in [0.15, 0.2) is 5.82 Å². The van der Waals surface area contributed by atoms with Crippen molar-refractivity contribution in [1.82, 2.24) is 30.1 Å². The Kier molecular flexibility index (Phi) is 6.42. The molecule has 2 aromatic carbocycles. The Morgan fingerprint density at radius 3 is 2.52 bits per heavy atom. The van der Waals surface area contributed by atoms with Gasteiger partial charge in [-0.15, -0.1) is 5.10 Å². The summed E-state index contributed by atoms with van der Waals surface area (Å²) in [5, 5.41) is 13.7.